The van der Waals surface area contributed by atoms with E-state index >= 15 is 0 Å². The van der Waals surface area contributed by atoms with Crippen LogP contribution in [-0.2, 0) is 10.2 Å². The van der Waals surface area contributed by atoms with Crippen LogP contribution < -0.4 is 5.32 Å². The van der Waals surface area contributed by atoms with Crippen LogP contribution in [-0.4, -0.2) is 16.6 Å². The molecule has 1 heterocycles. The number of nitrogens with one attached hydrogen (secondary N) is 2. The fourth-order valence-corrected chi connectivity index (χ4v) is 0.840. The number of amides is 1. The maximum absolute atomic E-state index is 10.1. The van der Waals surface area contributed by atoms with Crippen LogP contribution in [0.4, 0.5) is 5.82 Å². The summed E-state index contributed by atoms with van der Waals surface area (Å²) in [6.07, 6.45) is 0.614. The number of anilines is 1. The smallest absolute Gasteiger partial charge is 0.212 e. The molecular weight excluding hydrogens is 154 g/mol. The number of aromatic amines is 1. The first kappa shape index (κ1) is 8.77. The number of rotatable bonds is 2. The Balaban J connectivity index is 2.84. The summed E-state index contributed by atoms with van der Waals surface area (Å²) in [5.41, 5.74) is 1.04. The molecule has 0 spiro atoms. The van der Waals surface area contributed by atoms with Crippen LogP contribution in [0, 0.1) is 0 Å². The number of aromatic nitrogens is 2. The van der Waals surface area contributed by atoms with Gasteiger partial charge in [-0.05, 0) is 0 Å². The quantitative estimate of drug-likeness (QED) is 0.652. The molecule has 2 N–H and O–H groups in total. The second-order valence-corrected chi connectivity index (χ2v) is 3.68. The summed E-state index contributed by atoms with van der Waals surface area (Å²) in [5, 5.41) is 9.24. The average Bonchev–Trinajstić information content (AvgIpc) is 2.35. The van der Waals surface area contributed by atoms with E-state index in [1.165, 1.54) is 0 Å². The first-order valence-corrected chi connectivity index (χ1v) is 3.80. The van der Waals surface area contributed by atoms with E-state index in [2.05, 4.69) is 36.3 Å². The topological polar surface area (TPSA) is 57.8 Å². The summed E-state index contributed by atoms with van der Waals surface area (Å²) < 4.78 is 0. The maximum Gasteiger partial charge on any atom is 0.212 e. The van der Waals surface area contributed by atoms with Gasteiger partial charge in [-0.1, -0.05) is 20.8 Å². The van der Waals surface area contributed by atoms with Gasteiger partial charge in [-0.15, -0.1) is 0 Å². The van der Waals surface area contributed by atoms with Crippen molar-refractivity contribution < 1.29 is 4.79 Å². The summed E-state index contributed by atoms with van der Waals surface area (Å²) >= 11 is 0. The molecular formula is C8H13N3O. The fraction of sp³-hybridized carbons (Fsp3) is 0.500. The SMILES string of the molecule is CC(C)(C)c1cc(NC=O)n[nH]1. The van der Waals surface area contributed by atoms with Gasteiger partial charge in [-0.2, -0.15) is 5.10 Å². The third-order valence-electron chi connectivity index (χ3n) is 1.59. The predicted molar refractivity (Wildman–Crippen MR) is 47.0 cm³/mol. The van der Waals surface area contributed by atoms with E-state index in [1.54, 1.807) is 0 Å². The molecule has 0 aromatic carbocycles. The first-order chi connectivity index (χ1) is 5.54. The molecule has 4 nitrogen and oxygen atoms in total. The molecule has 0 bridgehead atoms. The van der Waals surface area contributed by atoms with Crippen molar-refractivity contribution in [2.75, 3.05) is 5.32 Å². The van der Waals surface area contributed by atoms with Gasteiger partial charge in [0.15, 0.2) is 5.82 Å². The lowest BCUT2D eigenvalue weighted by molar-refractivity contribution is -0.105. The third-order valence-corrected chi connectivity index (χ3v) is 1.59. The van der Waals surface area contributed by atoms with E-state index in [4.69, 9.17) is 0 Å². The normalized spacial score (nSPS) is 11.2. The second kappa shape index (κ2) is 2.97. The van der Waals surface area contributed by atoms with Crippen molar-refractivity contribution in [3.05, 3.63) is 11.8 Å². The van der Waals surface area contributed by atoms with Crippen molar-refractivity contribution in [1.82, 2.24) is 10.2 Å². The third kappa shape index (κ3) is 1.84. The highest BCUT2D eigenvalue weighted by molar-refractivity contribution is 5.68. The van der Waals surface area contributed by atoms with Crippen LogP contribution in [0.2, 0.25) is 0 Å². The molecule has 12 heavy (non-hydrogen) atoms. The number of nitrogens with zero attached hydrogens (tertiary/aromatic N) is 1. The Kier molecular flexibility index (Phi) is 2.17. The zero-order valence-electron chi connectivity index (χ0n) is 7.51. The molecule has 0 atom stereocenters. The van der Waals surface area contributed by atoms with Crippen LogP contribution in [0.3, 0.4) is 0 Å². The molecule has 1 aromatic heterocycles. The van der Waals surface area contributed by atoms with Gasteiger partial charge < -0.3 is 5.32 Å². The Labute approximate surface area is 71.4 Å². The standard InChI is InChI=1S/C8H13N3O/c1-8(2,3)6-4-7(9-5-12)11-10-6/h4-5H,1-3H3,(H2,9,10,11,12). The Morgan fingerprint density at radius 1 is 1.58 bits per heavy atom. The number of hydrogen-bond acceptors (Lipinski definition) is 2. The first-order valence-electron chi connectivity index (χ1n) is 3.80. The minimum Gasteiger partial charge on any atom is -0.312 e. The van der Waals surface area contributed by atoms with E-state index in [0.717, 1.165) is 5.69 Å². The van der Waals surface area contributed by atoms with E-state index in [-0.39, 0.29) is 5.41 Å². The molecule has 0 aliphatic carbocycles. The minimum atomic E-state index is 0.0375. The molecule has 1 aromatic rings. The monoisotopic (exact) mass is 167 g/mol. The Morgan fingerprint density at radius 3 is 2.67 bits per heavy atom. The van der Waals surface area contributed by atoms with Gasteiger partial charge in [-0.25, -0.2) is 0 Å². The Morgan fingerprint density at radius 2 is 2.25 bits per heavy atom. The van der Waals surface area contributed by atoms with Gasteiger partial charge in [0, 0.05) is 17.2 Å². The van der Waals surface area contributed by atoms with Crippen LogP contribution in [0.1, 0.15) is 26.5 Å². The van der Waals surface area contributed by atoms with Gasteiger partial charge in [-0.3, -0.25) is 9.89 Å². The van der Waals surface area contributed by atoms with E-state index in [0.29, 0.717) is 12.2 Å². The van der Waals surface area contributed by atoms with Crippen LogP contribution in [0.25, 0.3) is 0 Å². The molecule has 1 amide bonds. The molecule has 0 saturated carbocycles. The lowest BCUT2D eigenvalue weighted by Crippen LogP contribution is -2.11. The lowest BCUT2D eigenvalue weighted by Gasteiger charge is -2.14. The summed E-state index contributed by atoms with van der Waals surface area (Å²) in [6, 6.07) is 1.83. The molecule has 0 aliphatic heterocycles. The Hall–Kier alpha value is -1.32. The predicted octanol–water partition coefficient (Wildman–Crippen LogP) is 1.28. The molecule has 0 aliphatic rings. The molecule has 0 fully saturated rings. The van der Waals surface area contributed by atoms with Gasteiger partial charge in [0.25, 0.3) is 0 Å². The summed E-state index contributed by atoms with van der Waals surface area (Å²) in [7, 11) is 0. The molecule has 0 unspecified atom stereocenters. The maximum atomic E-state index is 10.1. The highest BCUT2D eigenvalue weighted by atomic mass is 16.1. The summed E-state index contributed by atoms with van der Waals surface area (Å²) in [5.74, 6) is 0.565. The number of hydrogen-bond donors (Lipinski definition) is 2. The minimum absolute atomic E-state index is 0.0375. The van der Waals surface area contributed by atoms with Gasteiger partial charge in [0.05, 0.1) is 0 Å². The van der Waals surface area contributed by atoms with E-state index in [9.17, 15) is 4.79 Å². The summed E-state index contributed by atoms with van der Waals surface area (Å²) in [6.45, 7) is 6.22. The van der Waals surface area contributed by atoms with Crippen molar-refractivity contribution >= 4 is 12.2 Å². The Bertz CT molecular complexity index is 272. The van der Waals surface area contributed by atoms with Crippen molar-refractivity contribution in [2.45, 2.75) is 26.2 Å². The number of carbonyl (C=O) groups is 1. The highest BCUT2D eigenvalue weighted by Crippen LogP contribution is 2.21. The van der Waals surface area contributed by atoms with Crippen molar-refractivity contribution in [3.8, 4) is 0 Å². The largest absolute Gasteiger partial charge is 0.312 e. The van der Waals surface area contributed by atoms with Crippen molar-refractivity contribution in [2.24, 2.45) is 0 Å². The second-order valence-electron chi connectivity index (χ2n) is 3.68. The van der Waals surface area contributed by atoms with Gasteiger partial charge in [0.2, 0.25) is 6.41 Å². The zero-order chi connectivity index (χ0) is 9.19. The lowest BCUT2D eigenvalue weighted by atomic mass is 9.92. The van der Waals surface area contributed by atoms with Crippen LogP contribution >= 0.6 is 0 Å². The van der Waals surface area contributed by atoms with E-state index in [1.807, 2.05) is 6.07 Å². The molecule has 66 valence electrons. The fourth-order valence-electron chi connectivity index (χ4n) is 0.840. The van der Waals surface area contributed by atoms with E-state index < -0.39 is 0 Å². The molecule has 0 saturated heterocycles. The zero-order valence-corrected chi connectivity index (χ0v) is 7.51. The number of carbonyl (C=O) groups excluding carboxylic acids is 1. The number of H-pyrrole nitrogens is 1. The van der Waals surface area contributed by atoms with Gasteiger partial charge >= 0.3 is 0 Å². The van der Waals surface area contributed by atoms with Crippen LogP contribution in [0.5, 0.6) is 0 Å². The summed E-state index contributed by atoms with van der Waals surface area (Å²) in [4.78, 5) is 10.1. The highest BCUT2D eigenvalue weighted by Gasteiger charge is 2.16. The van der Waals surface area contributed by atoms with Crippen molar-refractivity contribution in [1.29, 1.82) is 0 Å². The van der Waals surface area contributed by atoms with Gasteiger partial charge in [0.1, 0.15) is 0 Å². The molecule has 1 rings (SSSR count). The average molecular weight is 167 g/mol. The molecule has 0 radical (unpaired) electrons. The van der Waals surface area contributed by atoms with Crippen molar-refractivity contribution in [3.63, 3.8) is 0 Å². The van der Waals surface area contributed by atoms with Crippen LogP contribution in [0.15, 0.2) is 6.07 Å². The molecule has 4 heteroatoms.